The molecule has 0 aliphatic rings. The van der Waals surface area contributed by atoms with Gasteiger partial charge >= 0.3 is 0 Å². The van der Waals surface area contributed by atoms with Crippen LogP contribution in [0.2, 0.25) is 0 Å². The summed E-state index contributed by atoms with van der Waals surface area (Å²) in [6.07, 6.45) is 0. The lowest BCUT2D eigenvalue weighted by molar-refractivity contribution is 1.18. The zero-order valence-electron chi connectivity index (χ0n) is 10.1. The molecule has 1 atom stereocenters. The standard InChI is InChI=1S/C16H13ClS/c1-11-6-8-12(9-7-11)16(17)15-10-13-4-2-3-5-14(13)18-15/h2-10,16H,1H3. The van der Waals surface area contributed by atoms with Crippen LogP contribution in [0.4, 0.5) is 0 Å². The van der Waals surface area contributed by atoms with Gasteiger partial charge in [-0.3, -0.25) is 0 Å². The molecule has 2 aromatic carbocycles. The molecule has 0 radical (unpaired) electrons. The van der Waals surface area contributed by atoms with E-state index in [0.29, 0.717) is 0 Å². The highest BCUT2D eigenvalue weighted by Crippen LogP contribution is 2.36. The van der Waals surface area contributed by atoms with Gasteiger partial charge in [0.05, 0.1) is 5.38 Å². The molecule has 0 amide bonds. The minimum absolute atomic E-state index is 0.0528. The summed E-state index contributed by atoms with van der Waals surface area (Å²) in [6, 6.07) is 19.0. The van der Waals surface area contributed by atoms with Gasteiger partial charge in [0.1, 0.15) is 0 Å². The second-order valence-electron chi connectivity index (χ2n) is 4.46. The first-order valence-electron chi connectivity index (χ1n) is 5.93. The minimum Gasteiger partial charge on any atom is -0.138 e. The Hall–Kier alpha value is -1.31. The van der Waals surface area contributed by atoms with Crippen molar-refractivity contribution in [2.24, 2.45) is 0 Å². The lowest BCUT2D eigenvalue weighted by atomic mass is 10.1. The Morgan fingerprint density at radius 1 is 1.00 bits per heavy atom. The molecule has 0 aliphatic heterocycles. The number of halogens is 1. The summed E-state index contributed by atoms with van der Waals surface area (Å²) in [5, 5.41) is 1.22. The van der Waals surface area contributed by atoms with Crippen molar-refractivity contribution in [2.45, 2.75) is 12.3 Å². The Kier molecular flexibility index (Phi) is 3.11. The SMILES string of the molecule is Cc1ccc(C(Cl)c2cc3ccccc3s2)cc1. The van der Waals surface area contributed by atoms with Crippen LogP contribution in [-0.2, 0) is 0 Å². The van der Waals surface area contributed by atoms with E-state index in [1.807, 2.05) is 0 Å². The first-order chi connectivity index (χ1) is 8.74. The van der Waals surface area contributed by atoms with Crippen LogP contribution in [0.5, 0.6) is 0 Å². The van der Waals surface area contributed by atoms with Gasteiger partial charge in [0.25, 0.3) is 0 Å². The molecule has 3 aromatic rings. The molecule has 18 heavy (non-hydrogen) atoms. The molecule has 0 saturated carbocycles. The van der Waals surface area contributed by atoms with Gasteiger partial charge in [-0.05, 0) is 30.0 Å². The molecular formula is C16H13ClS. The van der Waals surface area contributed by atoms with E-state index in [9.17, 15) is 0 Å². The Morgan fingerprint density at radius 3 is 2.44 bits per heavy atom. The van der Waals surface area contributed by atoms with E-state index < -0.39 is 0 Å². The van der Waals surface area contributed by atoms with Gasteiger partial charge in [0.2, 0.25) is 0 Å². The molecule has 2 heteroatoms. The van der Waals surface area contributed by atoms with Gasteiger partial charge in [-0.25, -0.2) is 0 Å². The fourth-order valence-electron chi connectivity index (χ4n) is 2.03. The first-order valence-corrected chi connectivity index (χ1v) is 7.18. The molecule has 0 aliphatic carbocycles. The molecule has 0 nitrogen and oxygen atoms in total. The lowest BCUT2D eigenvalue weighted by Crippen LogP contribution is -1.89. The van der Waals surface area contributed by atoms with Crippen molar-refractivity contribution in [2.75, 3.05) is 0 Å². The number of benzene rings is 2. The fraction of sp³-hybridized carbons (Fsp3) is 0.125. The van der Waals surface area contributed by atoms with E-state index >= 15 is 0 Å². The van der Waals surface area contributed by atoms with Gasteiger partial charge < -0.3 is 0 Å². The molecule has 90 valence electrons. The average Bonchev–Trinajstić information content (AvgIpc) is 2.82. The Bertz CT molecular complexity index is 634. The van der Waals surface area contributed by atoms with Crippen LogP contribution < -0.4 is 0 Å². The molecule has 1 aromatic heterocycles. The number of aryl methyl sites for hydroxylation is 1. The third-order valence-corrected chi connectivity index (χ3v) is 4.86. The highest BCUT2D eigenvalue weighted by atomic mass is 35.5. The summed E-state index contributed by atoms with van der Waals surface area (Å²) in [7, 11) is 0. The van der Waals surface area contributed by atoms with Crippen LogP contribution in [0.15, 0.2) is 54.6 Å². The number of hydrogen-bond acceptors (Lipinski definition) is 1. The molecular weight excluding hydrogens is 260 g/mol. The van der Waals surface area contributed by atoms with E-state index in [0.717, 1.165) is 5.56 Å². The van der Waals surface area contributed by atoms with Crippen LogP contribution >= 0.6 is 22.9 Å². The summed E-state index contributed by atoms with van der Waals surface area (Å²) in [5.41, 5.74) is 2.42. The zero-order valence-corrected chi connectivity index (χ0v) is 11.6. The van der Waals surface area contributed by atoms with Crippen molar-refractivity contribution >= 4 is 33.0 Å². The highest BCUT2D eigenvalue weighted by molar-refractivity contribution is 7.19. The summed E-state index contributed by atoms with van der Waals surface area (Å²) < 4.78 is 1.30. The number of alkyl halides is 1. The van der Waals surface area contributed by atoms with E-state index in [-0.39, 0.29) is 5.38 Å². The Morgan fingerprint density at radius 2 is 1.72 bits per heavy atom. The van der Waals surface area contributed by atoms with Crippen molar-refractivity contribution in [3.05, 3.63) is 70.6 Å². The lowest BCUT2D eigenvalue weighted by Gasteiger charge is -2.07. The minimum atomic E-state index is -0.0528. The van der Waals surface area contributed by atoms with Crippen molar-refractivity contribution < 1.29 is 0 Å². The molecule has 3 rings (SSSR count). The van der Waals surface area contributed by atoms with Gasteiger partial charge in [-0.1, -0.05) is 48.0 Å². The van der Waals surface area contributed by atoms with E-state index in [1.165, 1.54) is 20.5 Å². The number of hydrogen-bond donors (Lipinski definition) is 0. The molecule has 0 bridgehead atoms. The zero-order chi connectivity index (χ0) is 12.5. The number of thiophene rings is 1. The van der Waals surface area contributed by atoms with E-state index in [2.05, 4.69) is 61.5 Å². The highest BCUT2D eigenvalue weighted by Gasteiger charge is 2.13. The maximum Gasteiger partial charge on any atom is 0.0928 e. The third kappa shape index (κ3) is 2.16. The summed E-state index contributed by atoms with van der Waals surface area (Å²) in [4.78, 5) is 1.21. The molecule has 1 heterocycles. The molecule has 0 spiro atoms. The molecule has 0 N–H and O–H groups in total. The Labute approximate surface area is 116 Å². The van der Waals surface area contributed by atoms with Gasteiger partial charge in [0.15, 0.2) is 0 Å². The smallest absolute Gasteiger partial charge is 0.0928 e. The Balaban J connectivity index is 2.00. The second-order valence-corrected chi connectivity index (χ2v) is 6.01. The van der Waals surface area contributed by atoms with Crippen LogP contribution in [-0.4, -0.2) is 0 Å². The largest absolute Gasteiger partial charge is 0.138 e. The maximum absolute atomic E-state index is 6.57. The van der Waals surface area contributed by atoms with Crippen molar-refractivity contribution in [1.82, 2.24) is 0 Å². The monoisotopic (exact) mass is 272 g/mol. The van der Waals surface area contributed by atoms with E-state index in [1.54, 1.807) is 11.3 Å². The van der Waals surface area contributed by atoms with Crippen molar-refractivity contribution in [3.8, 4) is 0 Å². The predicted molar refractivity (Wildman–Crippen MR) is 80.7 cm³/mol. The quantitative estimate of drug-likeness (QED) is 0.538. The normalized spacial score (nSPS) is 12.8. The van der Waals surface area contributed by atoms with Gasteiger partial charge in [-0.2, -0.15) is 0 Å². The molecule has 0 saturated heterocycles. The van der Waals surface area contributed by atoms with Gasteiger partial charge in [-0.15, -0.1) is 22.9 Å². The number of rotatable bonds is 2. The first kappa shape index (κ1) is 11.8. The maximum atomic E-state index is 6.57. The summed E-state index contributed by atoms with van der Waals surface area (Å²) in [5.74, 6) is 0. The van der Waals surface area contributed by atoms with Crippen LogP contribution in [0.25, 0.3) is 10.1 Å². The molecule has 0 fully saturated rings. The number of fused-ring (bicyclic) bond motifs is 1. The molecule has 1 unspecified atom stereocenters. The topological polar surface area (TPSA) is 0 Å². The average molecular weight is 273 g/mol. The van der Waals surface area contributed by atoms with Crippen LogP contribution in [0, 0.1) is 6.92 Å². The van der Waals surface area contributed by atoms with Crippen molar-refractivity contribution in [1.29, 1.82) is 0 Å². The van der Waals surface area contributed by atoms with Gasteiger partial charge in [0, 0.05) is 9.58 Å². The second kappa shape index (κ2) is 4.75. The fourth-order valence-corrected chi connectivity index (χ4v) is 3.44. The summed E-state index contributed by atoms with van der Waals surface area (Å²) in [6.45, 7) is 2.09. The third-order valence-electron chi connectivity index (χ3n) is 3.06. The van der Waals surface area contributed by atoms with E-state index in [4.69, 9.17) is 11.6 Å². The summed E-state index contributed by atoms with van der Waals surface area (Å²) >= 11 is 8.34. The van der Waals surface area contributed by atoms with Crippen LogP contribution in [0.1, 0.15) is 21.4 Å². The predicted octanol–water partition coefficient (Wildman–Crippen LogP) is 5.54. The van der Waals surface area contributed by atoms with Crippen molar-refractivity contribution in [3.63, 3.8) is 0 Å². The van der Waals surface area contributed by atoms with Crippen LogP contribution in [0.3, 0.4) is 0 Å².